The molecule has 0 spiro atoms. The quantitative estimate of drug-likeness (QED) is 0.785. The summed E-state index contributed by atoms with van der Waals surface area (Å²) in [5, 5.41) is 4.56. The second-order valence-corrected chi connectivity index (χ2v) is 6.55. The second-order valence-electron chi connectivity index (χ2n) is 6.55. The molecule has 1 unspecified atom stereocenters. The van der Waals surface area contributed by atoms with E-state index < -0.39 is 0 Å². The molecule has 1 saturated heterocycles. The van der Waals surface area contributed by atoms with Crippen LogP contribution >= 0.6 is 0 Å². The summed E-state index contributed by atoms with van der Waals surface area (Å²) in [6.07, 6.45) is 5.76. The van der Waals surface area contributed by atoms with Gasteiger partial charge in [0, 0.05) is 31.9 Å². The number of aromatic nitrogens is 5. The Balaban J connectivity index is 1.63. The Labute approximate surface area is 145 Å². The molecule has 7 nitrogen and oxygen atoms in total. The minimum atomic E-state index is -0.0932. The van der Waals surface area contributed by atoms with Crippen molar-refractivity contribution in [2.24, 2.45) is 7.05 Å². The third-order valence-electron chi connectivity index (χ3n) is 4.76. The number of hydrogen-bond acceptors (Lipinski definition) is 4. The van der Waals surface area contributed by atoms with Crippen LogP contribution in [0.15, 0.2) is 47.5 Å². The molecule has 1 aliphatic heterocycles. The van der Waals surface area contributed by atoms with Gasteiger partial charge in [-0.25, -0.2) is 19.0 Å². The standard InChI is InChI=1S/C18H22N6O/c1-22-18(25)24(15-7-3-2-4-8-15)17(21-22)14-6-5-11-23(12-14)13-16-19-9-10-20-16/h2-4,7-10,14H,5-6,11-13H2,1H3,(H,19,20). The number of benzene rings is 1. The summed E-state index contributed by atoms with van der Waals surface area (Å²) in [6, 6.07) is 9.76. The van der Waals surface area contributed by atoms with Gasteiger partial charge in [-0.15, -0.1) is 0 Å². The molecule has 0 bridgehead atoms. The number of rotatable bonds is 4. The molecule has 3 aromatic rings. The van der Waals surface area contributed by atoms with E-state index in [1.54, 1.807) is 17.8 Å². The smallest absolute Gasteiger partial charge is 0.348 e. The highest BCUT2D eigenvalue weighted by atomic mass is 16.2. The zero-order valence-corrected chi connectivity index (χ0v) is 14.3. The van der Waals surface area contributed by atoms with E-state index in [0.29, 0.717) is 0 Å². The predicted octanol–water partition coefficient (Wildman–Crippen LogP) is 1.67. The molecule has 25 heavy (non-hydrogen) atoms. The van der Waals surface area contributed by atoms with E-state index in [9.17, 15) is 4.79 Å². The third-order valence-corrected chi connectivity index (χ3v) is 4.76. The number of aryl methyl sites for hydroxylation is 1. The summed E-state index contributed by atoms with van der Waals surface area (Å²) >= 11 is 0. The van der Waals surface area contributed by atoms with E-state index in [-0.39, 0.29) is 11.6 Å². The van der Waals surface area contributed by atoms with Gasteiger partial charge < -0.3 is 4.98 Å². The van der Waals surface area contributed by atoms with Crippen molar-refractivity contribution in [3.63, 3.8) is 0 Å². The van der Waals surface area contributed by atoms with Crippen molar-refractivity contribution in [1.29, 1.82) is 0 Å². The topological polar surface area (TPSA) is 71.7 Å². The lowest BCUT2D eigenvalue weighted by atomic mass is 9.97. The average molecular weight is 338 g/mol. The van der Waals surface area contributed by atoms with Crippen molar-refractivity contribution in [2.45, 2.75) is 25.3 Å². The van der Waals surface area contributed by atoms with Crippen LogP contribution in [0.25, 0.3) is 5.69 Å². The first-order valence-electron chi connectivity index (χ1n) is 8.64. The third kappa shape index (κ3) is 3.15. The Morgan fingerprint density at radius 2 is 2.12 bits per heavy atom. The summed E-state index contributed by atoms with van der Waals surface area (Å²) in [7, 11) is 1.72. The Morgan fingerprint density at radius 1 is 1.28 bits per heavy atom. The van der Waals surface area contributed by atoms with Gasteiger partial charge in [0.2, 0.25) is 0 Å². The van der Waals surface area contributed by atoms with Gasteiger partial charge in [0.1, 0.15) is 11.6 Å². The van der Waals surface area contributed by atoms with Gasteiger partial charge in [-0.3, -0.25) is 4.90 Å². The van der Waals surface area contributed by atoms with Gasteiger partial charge in [0.25, 0.3) is 0 Å². The maximum absolute atomic E-state index is 12.6. The lowest BCUT2D eigenvalue weighted by molar-refractivity contribution is 0.191. The number of nitrogens with one attached hydrogen (secondary N) is 1. The molecule has 130 valence electrons. The van der Waals surface area contributed by atoms with E-state index in [0.717, 1.165) is 49.8 Å². The first-order chi connectivity index (χ1) is 12.2. The Bertz CT molecular complexity index is 880. The fraction of sp³-hybridized carbons (Fsp3) is 0.389. The molecule has 0 radical (unpaired) electrons. The Hall–Kier alpha value is -2.67. The maximum Gasteiger partial charge on any atom is 0.350 e. The summed E-state index contributed by atoms with van der Waals surface area (Å²) in [6.45, 7) is 2.72. The van der Waals surface area contributed by atoms with Crippen LogP contribution in [0, 0.1) is 0 Å². The molecule has 4 rings (SSSR count). The second kappa shape index (κ2) is 6.68. The fourth-order valence-corrected chi connectivity index (χ4v) is 3.57. The minimum absolute atomic E-state index is 0.0932. The molecular formula is C18H22N6O. The van der Waals surface area contributed by atoms with Gasteiger partial charge in [0.05, 0.1) is 12.2 Å². The van der Waals surface area contributed by atoms with Crippen LogP contribution in [0.1, 0.15) is 30.4 Å². The number of H-pyrrole nitrogens is 1. The van der Waals surface area contributed by atoms with Gasteiger partial charge in [-0.1, -0.05) is 18.2 Å². The first-order valence-corrected chi connectivity index (χ1v) is 8.64. The predicted molar refractivity (Wildman–Crippen MR) is 94.6 cm³/mol. The van der Waals surface area contributed by atoms with Crippen LogP contribution in [0.2, 0.25) is 0 Å². The molecule has 3 heterocycles. The van der Waals surface area contributed by atoms with Crippen LogP contribution in [-0.2, 0) is 13.6 Å². The molecule has 7 heteroatoms. The molecule has 1 N–H and O–H groups in total. The van der Waals surface area contributed by atoms with E-state index in [1.807, 2.05) is 36.5 Å². The van der Waals surface area contributed by atoms with Gasteiger partial charge >= 0.3 is 5.69 Å². The monoisotopic (exact) mass is 338 g/mol. The molecule has 1 atom stereocenters. The molecule has 0 amide bonds. The van der Waals surface area contributed by atoms with Crippen molar-refractivity contribution >= 4 is 0 Å². The highest BCUT2D eigenvalue weighted by molar-refractivity contribution is 5.33. The summed E-state index contributed by atoms with van der Waals surface area (Å²) < 4.78 is 3.19. The normalized spacial score (nSPS) is 18.5. The molecule has 1 aliphatic rings. The van der Waals surface area contributed by atoms with Crippen LogP contribution in [0.5, 0.6) is 0 Å². The van der Waals surface area contributed by atoms with Crippen molar-refractivity contribution in [2.75, 3.05) is 13.1 Å². The fourth-order valence-electron chi connectivity index (χ4n) is 3.57. The van der Waals surface area contributed by atoms with Crippen molar-refractivity contribution in [3.8, 4) is 5.69 Å². The number of hydrogen-bond donors (Lipinski definition) is 1. The molecule has 0 saturated carbocycles. The number of aromatic amines is 1. The van der Waals surface area contributed by atoms with E-state index in [4.69, 9.17) is 0 Å². The molecular weight excluding hydrogens is 316 g/mol. The number of likely N-dealkylation sites (tertiary alicyclic amines) is 1. The number of imidazole rings is 1. The zero-order chi connectivity index (χ0) is 17.2. The summed E-state index contributed by atoms with van der Waals surface area (Å²) in [5.74, 6) is 2.06. The van der Waals surface area contributed by atoms with Crippen LogP contribution in [0.3, 0.4) is 0 Å². The minimum Gasteiger partial charge on any atom is -0.348 e. The van der Waals surface area contributed by atoms with Gasteiger partial charge in [-0.2, -0.15) is 5.10 Å². The Kier molecular flexibility index (Phi) is 4.23. The van der Waals surface area contributed by atoms with Crippen molar-refractivity contribution in [1.82, 2.24) is 29.2 Å². The highest BCUT2D eigenvalue weighted by Gasteiger charge is 2.27. The Morgan fingerprint density at radius 3 is 2.88 bits per heavy atom. The summed E-state index contributed by atoms with van der Waals surface area (Å²) in [5.41, 5.74) is 0.781. The lowest BCUT2D eigenvalue weighted by Gasteiger charge is -2.31. The first kappa shape index (κ1) is 15.8. The van der Waals surface area contributed by atoms with E-state index in [2.05, 4.69) is 20.0 Å². The zero-order valence-electron chi connectivity index (χ0n) is 14.3. The number of piperidine rings is 1. The van der Waals surface area contributed by atoms with Gasteiger partial charge in [0.15, 0.2) is 0 Å². The van der Waals surface area contributed by atoms with Crippen molar-refractivity contribution < 1.29 is 0 Å². The molecule has 1 fully saturated rings. The van der Waals surface area contributed by atoms with Gasteiger partial charge in [-0.05, 0) is 31.5 Å². The molecule has 1 aromatic carbocycles. The maximum atomic E-state index is 12.6. The summed E-state index contributed by atoms with van der Waals surface area (Å²) in [4.78, 5) is 22.5. The number of para-hydroxylation sites is 1. The average Bonchev–Trinajstić information content (AvgIpc) is 3.25. The van der Waals surface area contributed by atoms with Crippen LogP contribution in [0.4, 0.5) is 0 Å². The van der Waals surface area contributed by atoms with E-state index >= 15 is 0 Å². The molecule has 0 aliphatic carbocycles. The van der Waals surface area contributed by atoms with Crippen molar-refractivity contribution in [3.05, 3.63) is 64.9 Å². The highest BCUT2D eigenvalue weighted by Crippen LogP contribution is 2.27. The van der Waals surface area contributed by atoms with Crippen LogP contribution < -0.4 is 5.69 Å². The van der Waals surface area contributed by atoms with E-state index in [1.165, 1.54) is 4.68 Å². The lowest BCUT2D eigenvalue weighted by Crippen LogP contribution is -2.35. The SMILES string of the molecule is Cn1nc(C2CCCN(Cc3ncc[nH]3)C2)n(-c2ccccc2)c1=O. The van der Waals surface area contributed by atoms with Crippen LogP contribution in [-0.4, -0.2) is 42.3 Å². The molecule has 2 aromatic heterocycles. The largest absolute Gasteiger partial charge is 0.350 e. The number of nitrogens with zero attached hydrogens (tertiary/aromatic N) is 5.